The van der Waals surface area contributed by atoms with Gasteiger partial charge in [-0.3, -0.25) is 9.80 Å². The second kappa shape index (κ2) is 6.91. The third kappa shape index (κ3) is 2.97. The van der Waals surface area contributed by atoms with E-state index in [2.05, 4.69) is 16.7 Å². The number of fused-ring (bicyclic) bond motifs is 2. The van der Waals surface area contributed by atoms with Gasteiger partial charge >= 0.3 is 0 Å². The third-order valence-corrected chi connectivity index (χ3v) is 7.33. The standard InChI is InChI=1S/C20H33FN2O2/c1-16-9-20(14-24-2)6-4-8-23(20)18(16)13-25-15-19-5-3-7-22(19)12-17(10-19)11-21/h11,16,18H,3-10,12-15H2,1-2H3/b17-11-. The molecular weight excluding hydrogens is 319 g/mol. The van der Waals surface area contributed by atoms with Gasteiger partial charge in [-0.1, -0.05) is 6.92 Å². The van der Waals surface area contributed by atoms with Crippen LogP contribution in [0.15, 0.2) is 11.9 Å². The van der Waals surface area contributed by atoms with E-state index < -0.39 is 0 Å². The summed E-state index contributed by atoms with van der Waals surface area (Å²) in [4.78, 5) is 5.12. The van der Waals surface area contributed by atoms with Crippen LogP contribution in [-0.4, -0.2) is 73.5 Å². The minimum Gasteiger partial charge on any atom is -0.383 e. The molecule has 0 saturated carbocycles. The maximum Gasteiger partial charge on any atom is 0.0872 e. The number of ether oxygens (including phenoxy) is 2. The zero-order valence-electron chi connectivity index (χ0n) is 15.8. The highest BCUT2D eigenvalue weighted by Crippen LogP contribution is 2.46. The smallest absolute Gasteiger partial charge is 0.0872 e. The van der Waals surface area contributed by atoms with Crippen molar-refractivity contribution in [3.05, 3.63) is 11.9 Å². The molecule has 4 rings (SSSR count). The van der Waals surface area contributed by atoms with Gasteiger partial charge < -0.3 is 9.47 Å². The molecule has 4 fully saturated rings. The van der Waals surface area contributed by atoms with Gasteiger partial charge in [-0.2, -0.15) is 0 Å². The van der Waals surface area contributed by atoms with Crippen LogP contribution in [0.5, 0.6) is 0 Å². The molecule has 0 radical (unpaired) electrons. The molecule has 4 saturated heterocycles. The van der Waals surface area contributed by atoms with Crippen molar-refractivity contribution in [2.24, 2.45) is 5.92 Å². The SMILES string of the molecule is COCC12CCCN1C(COCC13CCCN1C/C(=C\F)C3)C(C)C2. The topological polar surface area (TPSA) is 24.9 Å². The molecule has 0 N–H and O–H groups in total. The number of hydrogen-bond donors (Lipinski definition) is 0. The molecule has 0 spiro atoms. The molecule has 4 aliphatic heterocycles. The van der Waals surface area contributed by atoms with Crippen LogP contribution in [0.4, 0.5) is 4.39 Å². The highest BCUT2D eigenvalue weighted by atomic mass is 19.1. The summed E-state index contributed by atoms with van der Waals surface area (Å²) in [6.45, 7) is 7.81. The van der Waals surface area contributed by atoms with E-state index in [0.29, 0.717) is 12.0 Å². The lowest BCUT2D eigenvalue weighted by molar-refractivity contribution is -0.0113. The van der Waals surface area contributed by atoms with Crippen LogP contribution in [0.2, 0.25) is 0 Å². The lowest BCUT2D eigenvalue weighted by Gasteiger charge is -2.36. The van der Waals surface area contributed by atoms with Crippen molar-refractivity contribution in [3.8, 4) is 0 Å². The predicted molar refractivity (Wildman–Crippen MR) is 96.3 cm³/mol. The number of hydrogen-bond acceptors (Lipinski definition) is 4. The summed E-state index contributed by atoms with van der Waals surface area (Å²) in [7, 11) is 1.82. The lowest BCUT2D eigenvalue weighted by atomic mass is 9.90. The van der Waals surface area contributed by atoms with Crippen LogP contribution >= 0.6 is 0 Å². The van der Waals surface area contributed by atoms with Gasteiger partial charge in [-0.15, -0.1) is 0 Å². The summed E-state index contributed by atoms with van der Waals surface area (Å²) in [6.07, 6.45) is 7.77. The van der Waals surface area contributed by atoms with Gasteiger partial charge in [0.15, 0.2) is 0 Å². The van der Waals surface area contributed by atoms with Gasteiger partial charge in [0.2, 0.25) is 0 Å². The van der Waals surface area contributed by atoms with Crippen molar-refractivity contribution < 1.29 is 13.9 Å². The summed E-state index contributed by atoms with van der Waals surface area (Å²) in [5, 5.41) is 0. The van der Waals surface area contributed by atoms with E-state index in [1.165, 1.54) is 32.2 Å². The van der Waals surface area contributed by atoms with Crippen molar-refractivity contribution in [1.82, 2.24) is 9.80 Å². The molecule has 4 heterocycles. The number of rotatable bonds is 6. The zero-order valence-corrected chi connectivity index (χ0v) is 15.8. The average Bonchev–Trinajstić information content (AvgIpc) is 3.28. The van der Waals surface area contributed by atoms with Crippen molar-refractivity contribution in [3.63, 3.8) is 0 Å². The van der Waals surface area contributed by atoms with Gasteiger partial charge in [0.1, 0.15) is 0 Å². The first-order chi connectivity index (χ1) is 12.1. The normalized spacial score (nSPS) is 43.2. The van der Waals surface area contributed by atoms with E-state index in [0.717, 1.165) is 57.7 Å². The van der Waals surface area contributed by atoms with Crippen LogP contribution in [-0.2, 0) is 9.47 Å². The van der Waals surface area contributed by atoms with Crippen molar-refractivity contribution in [1.29, 1.82) is 0 Å². The molecule has 142 valence electrons. The van der Waals surface area contributed by atoms with Crippen LogP contribution in [0, 0.1) is 5.92 Å². The first-order valence-corrected chi connectivity index (χ1v) is 9.99. The highest BCUT2D eigenvalue weighted by molar-refractivity contribution is 5.19. The summed E-state index contributed by atoms with van der Waals surface area (Å²) in [5.74, 6) is 0.650. The molecule has 0 aromatic rings. The number of nitrogens with zero attached hydrogens (tertiary/aromatic N) is 2. The predicted octanol–water partition coefficient (Wildman–Crippen LogP) is 2.98. The van der Waals surface area contributed by atoms with Gasteiger partial charge in [0.05, 0.1) is 26.2 Å². The minimum atomic E-state index is 0.0639. The van der Waals surface area contributed by atoms with Gasteiger partial charge in [0.25, 0.3) is 0 Å². The molecule has 0 aromatic carbocycles. The van der Waals surface area contributed by atoms with Gasteiger partial charge in [-0.25, -0.2) is 4.39 Å². The molecule has 4 nitrogen and oxygen atoms in total. The van der Waals surface area contributed by atoms with Crippen LogP contribution < -0.4 is 0 Å². The monoisotopic (exact) mass is 352 g/mol. The van der Waals surface area contributed by atoms with Gasteiger partial charge in [0, 0.05) is 30.8 Å². The Morgan fingerprint density at radius 2 is 2.00 bits per heavy atom. The van der Waals surface area contributed by atoms with Crippen molar-refractivity contribution >= 4 is 0 Å². The molecule has 0 aromatic heterocycles. The Kier molecular flexibility index (Phi) is 4.95. The largest absolute Gasteiger partial charge is 0.383 e. The third-order valence-electron chi connectivity index (χ3n) is 7.33. The fourth-order valence-electron chi connectivity index (χ4n) is 6.30. The second-order valence-electron chi connectivity index (χ2n) is 8.91. The van der Waals surface area contributed by atoms with E-state index in [1.807, 2.05) is 7.11 Å². The maximum absolute atomic E-state index is 13.0. The Balaban J connectivity index is 1.37. The summed E-state index contributed by atoms with van der Waals surface area (Å²) < 4.78 is 24.9. The van der Waals surface area contributed by atoms with Crippen molar-refractivity contribution in [2.45, 2.75) is 62.6 Å². The van der Waals surface area contributed by atoms with E-state index in [1.54, 1.807) is 0 Å². The Bertz CT molecular complexity index is 528. The number of halogens is 1. The quantitative estimate of drug-likeness (QED) is 0.734. The minimum absolute atomic E-state index is 0.0639. The summed E-state index contributed by atoms with van der Waals surface area (Å²) >= 11 is 0. The fraction of sp³-hybridized carbons (Fsp3) is 0.900. The zero-order chi connectivity index (χ0) is 17.5. The second-order valence-corrected chi connectivity index (χ2v) is 8.91. The Morgan fingerprint density at radius 1 is 1.20 bits per heavy atom. The lowest BCUT2D eigenvalue weighted by Crippen LogP contribution is -2.48. The van der Waals surface area contributed by atoms with Crippen LogP contribution in [0.3, 0.4) is 0 Å². The first kappa shape index (κ1) is 17.9. The van der Waals surface area contributed by atoms with E-state index in [4.69, 9.17) is 9.47 Å². The Morgan fingerprint density at radius 3 is 2.80 bits per heavy atom. The molecule has 25 heavy (non-hydrogen) atoms. The fourth-order valence-corrected chi connectivity index (χ4v) is 6.30. The van der Waals surface area contributed by atoms with Crippen LogP contribution in [0.25, 0.3) is 0 Å². The molecule has 0 amide bonds. The number of methoxy groups -OCH3 is 1. The highest BCUT2D eigenvalue weighted by Gasteiger charge is 2.53. The molecule has 5 heteroatoms. The Hall–Kier alpha value is -0.490. The van der Waals surface area contributed by atoms with E-state index in [9.17, 15) is 4.39 Å². The molecule has 0 aliphatic carbocycles. The Labute approximate surface area is 151 Å². The van der Waals surface area contributed by atoms with Gasteiger partial charge in [-0.05, 0) is 63.1 Å². The van der Waals surface area contributed by atoms with Crippen molar-refractivity contribution in [2.75, 3.05) is 46.6 Å². The maximum atomic E-state index is 13.0. The summed E-state index contributed by atoms with van der Waals surface area (Å²) in [6, 6.07) is 0.501. The summed E-state index contributed by atoms with van der Waals surface area (Å²) in [5.41, 5.74) is 1.25. The molecule has 0 bridgehead atoms. The molecular formula is C20H33FN2O2. The first-order valence-electron chi connectivity index (χ1n) is 9.99. The average molecular weight is 352 g/mol. The van der Waals surface area contributed by atoms with E-state index >= 15 is 0 Å². The van der Waals surface area contributed by atoms with Crippen LogP contribution in [0.1, 0.15) is 45.4 Å². The molecule has 4 unspecified atom stereocenters. The van der Waals surface area contributed by atoms with E-state index in [-0.39, 0.29) is 11.1 Å². The molecule has 4 atom stereocenters. The molecule has 4 aliphatic rings.